The summed E-state index contributed by atoms with van der Waals surface area (Å²) in [5.41, 5.74) is 7.93. The molecule has 0 spiro atoms. The van der Waals surface area contributed by atoms with Crippen LogP contribution in [0.15, 0.2) is 36.5 Å². The molecule has 1 fully saturated rings. The van der Waals surface area contributed by atoms with Crippen LogP contribution < -0.4 is 5.73 Å². The minimum absolute atomic E-state index is 0.131. The summed E-state index contributed by atoms with van der Waals surface area (Å²) in [6.45, 7) is 0.673. The second kappa shape index (κ2) is 3.86. The van der Waals surface area contributed by atoms with Gasteiger partial charge in [0.1, 0.15) is 0 Å². The van der Waals surface area contributed by atoms with Gasteiger partial charge >= 0.3 is 0 Å². The smallest absolute Gasteiger partial charge is 0.0831 e. The fourth-order valence-electron chi connectivity index (χ4n) is 2.09. The molecular weight excluding hydrogens is 234 g/mol. The molecule has 1 aromatic carbocycles. The van der Waals surface area contributed by atoms with Crippen LogP contribution in [0.4, 0.5) is 0 Å². The number of benzene rings is 1. The molecule has 0 saturated heterocycles. The molecule has 1 heterocycles. The number of hydrogen-bond acceptors (Lipinski definition) is 2. The molecule has 3 rings (SSSR count). The van der Waals surface area contributed by atoms with Crippen LogP contribution in [0, 0.1) is 0 Å². The van der Waals surface area contributed by atoms with Gasteiger partial charge in [-0.25, -0.2) is 4.68 Å². The lowest BCUT2D eigenvalue weighted by molar-refractivity contribution is 0.661. The molecular formula is C13H14ClN3. The Labute approximate surface area is 105 Å². The molecule has 0 radical (unpaired) electrons. The summed E-state index contributed by atoms with van der Waals surface area (Å²) in [5, 5.41) is 5.31. The van der Waals surface area contributed by atoms with Crippen molar-refractivity contribution in [1.29, 1.82) is 0 Å². The molecule has 0 unspecified atom stereocenters. The van der Waals surface area contributed by atoms with Gasteiger partial charge in [0.2, 0.25) is 0 Å². The van der Waals surface area contributed by atoms with E-state index in [0.717, 1.165) is 24.2 Å². The van der Waals surface area contributed by atoms with E-state index in [0.29, 0.717) is 11.6 Å². The molecule has 88 valence electrons. The standard InChI is InChI=1S/C13H14ClN3/c14-10-3-1-2-4-11(10)17-8-5-12(16-17)13(9-15)6-7-13/h1-5,8H,6-7,9,15H2. The summed E-state index contributed by atoms with van der Waals surface area (Å²) in [5.74, 6) is 0. The second-order valence-electron chi connectivity index (χ2n) is 4.58. The van der Waals surface area contributed by atoms with Crippen LogP contribution in [0.1, 0.15) is 18.5 Å². The van der Waals surface area contributed by atoms with Crippen LogP contribution >= 0.6 is 11.6 Å². The zero-order valence-corrected chi connectivity index (χ0v) is 10.2. The SMILES string of the molecule is NCC1(c2ccn(-c3ccccc3Cl)n2)CC1. The van der Waals surface area contributed by atoms with Gasteiger partial charge in [0, 0.05) is 18.2 Å². The molecule has 3 nitrogen and oxygen atoms in total. The predicted octanol–water partition coefficient (Wildman–Crippen LogP) is 2.52. The lowest BCUT2D eigenvalue weighted by Gasteiger charge is -2.08. The lowest BCUT2D eigenvalue weighted by atomic mass is 10.0. The highest BCUT2D eigenvalue weighted by atomic mass is 35.5. The highest BCUT2D eigenvalue weighted by molar-refractivity contribution is 6.32. The first-order valence-corrected chi connectivity index (χ1v) is 6.14. The highest BCUT2D eigenvalue weighted by Gasteiger charge is 2.44. The lowest BCUT2D eigenvalue weighted by Crippen LogP contribution is -2.20. The number of aromatic nitrogens is 2. The van der Waals surface area contributed by atoms with E-state index in [9.17, 15) is 0 Å². The molecule has 0 bridgehead atoms. The van der Waals surface area contributed by atoms with E-state index in [2.05, 4.69) is 5.10 Å². The van der Waals surface area contributed by atoms with Gasteiger partial charge in [0.05, 0.1) is 16.4 Å². The summed E-state index contributed by atoms with van der Waals surface area (Å²) in [4.78, 5) is 0. The molecule has 17 heavy (non-hydrogen) atoms. The Hall–Kier alpha value is -1.32. The van der Waals surface area contributed by atoms with Crippen molar-refractivity contribution in [1.82, 2.24) is 9.78 Å². The third-order valence-corrected chi connectivity index (χ3v) is 3.80. The summed E-state index contributed by atoms with van der Waals surface area (Å²) in [6, 6.07) is 9.75. The summed E-state index contributed by atoms with van der Waals surface area (Å²) >= 11 is 6.15. The highest BCUT2D eigenvalue weighted by Crippen LogP contribution is 2.46. The Morgan fingerprint density at radius 1 is 1.29 bits per heavy atom. The van der Waals surface area contributed by atoms with E-state index in [1.807, 2.05) is 41.2 Å². The van der Waals surface area contributed by atoms with Crippen LogP contribution in [0.25, 0.3) is 5.69 Å². The minimum Gasteiger partial charge on any atom is -0.330 e. The van der Waals surface area contributed by atoms with E-state index in [4.69, 9.17) is 17.3 Å². The maximum atomic E-state index is 6.15. The summed E-state index contributed by atoms with van der Waals surface area (Å²) < 4.78 is 1.83. The van der Waals surface area contributed by atoms with Gasteiger partial charge in [-0.05, 0) is 31.0 Å². The monoisotopic (exact) mass is 247 g/mol. The molecule has 1 aliphatic rings. The molecule has 1 aliphatic carbocycles. The van der Waals surface area contributed by atoms with E-state index in [1.165, 1.54) is 0 Å². The van der Waals surface area contributed by atoms with Crippen molar-refractivity contribution >= 4 is 11.6 Å². The van der Waals surface area contributed by atoms with Crippen molar-refractivity contribution in [2.75, 3.05) is 6.54 Å². The van der Waals surface area contributed by atoms with Crippen molar-refractivity contribution in [3.63, 3.8) is 0 Å². The zero-order chi connectivity index (χ0) is 11.9. The van der Waals surface area contributed by atoms with Gasteiger partial charge in [-0.2, -0.15) is 5.10 Å². The quantitative estimate of drug-likeness (QED) is 0.906. The summed E-state index contributed by atoms with van der Waals surface area (Å²) in [7, 11) is 0. The first kappa shape index (κ1) is 10.8. The Balaban J connectivity index is 1.99. The maximum Gasteiger partial charge on any atom is 0.0831 e. The zero-order valence-electron chi connectivity index (χ0n) is 9.44. The van der Waals surface area contributed by atoms with Gasteiger partial charge in [-0.15, -0.1) is 0 Å². The number of nitrogens with zero attached hydrogens (tertiary/aromatic N) is 2. The average Bonchev–Trinajstić information content (AvgIpc) is 3.00. The number of rotatable bonds is 3. The van der Waals surface area contributed by atoms with E-state index in [1.54, 1.807) is 0 Å². The topological polar surface area (TPSA) is 43.8 Å². The normalized spacial score (nSPS) is 17.1. The van der Waals surface area contributed by atoms with E-state index < -0.39 is 0 Å². The Morgan fingerprint density at radius 3 is 2.71 bits per heavy atom. The Morgan fingerprint density at radius 2 is 2.06 bits per heavy atom. The van der Waals surface area contributed by atoms with Crippen molar-refractivity contribution in [2.24, 2.45) is 5.73 Å². The molecule has 2 aromatic rings. The number of hydrogen-bond donors (Lipinski definition) is 1. The maximum absolute atomic E-state index is 6.15. The Bertz CT molecular complexity index is 543. The van der Waals surface area contributed by atoms with Crippen LogP contribution in [-0.4, -0.2) is 16.3 Å². The van der Waals surface area contributed by atoms with Crippen molar-refractivity contribution < 1.29 is 0 Å². The van der Waals surface area contributed by atoms with Crippen molar-refractivity contribution in [2.45, 2.75) is 18.3 Å². The first-order valence-electron chi connectivity index (χ1n) is 5.76. The van der Waals surface area contributed by atoms with Gasteiger partial charge in [-0.3, -0.25) is 0 Å². The molecule has 0 amide bonds. The number of nitrogens with two attached hydrogens (primary N) is 1. The second-order valence-corrected chi connectivity index (χ2v) is 4.99. The molecule has 1 saturated carbocycles. The van der Waals surface area contributed by atoms with Crippen LogP contribution in [0.3, 0.4) is 0 Å². The van der Waals surface area contributed by atoms with Gasteiger partial charge < -0.3 is 5.73 Å². The van der Waals surface area contributed by atoms with Crippen molar-refractivity contribution in [3.05, 3.63) is 47.2 Å². The number of halogens is 1. The van der Waals surface area contributed by atoms with Gasteiger partial charge in [0.25, 0.3) is 0 Å². The molecule has 0 aliphatic heterocycles. The van der Waals surface area contributed by atoms with Gasteiger partial charge in [-0.1, -0.05) is 23.7 Å². The molecule has 2 N–H and O–H groups in total. The fraction of sp³-hybridized carbons (Fsp3) is 0.308. The largest absolute Gasteiger partial charge is 0.330 e. The first-order chi connectivity index (χ1) is 8.25. The third kappa shape index (κ3) is 1.75. The van der Waals surface area contributed by atoms with E-state index >= 15 is 0 Å². The number of para-hydroxylation sites is 1. The molecule has 0 atom stereocenters. The summed E-state index contributed by atoms with van der Waals surface area (Å²) in [6.07, 6.45) is 4.23. The van der Waals surface area contributed by atoms with Crippen LogP contribution in [0.5, 0.6) is 0 Å². The van der Waals surface area contributed by atoms with Crippen LogP contribution in [0.2, 0.25) is 5.02 Å². The minimum atomic E-state index is 0.131. The fourth-order valence-corrected chi connectivity index (χ4v) is 2.32. The third-order valence-electron chi connectivity index (χ3n) is 3.48. The molecule has 1 aromatic heterocycles. The Kier molecular flexibility index (Phi) is 2.45. The van der Waals surface area contributed by atoms with Crippen LogP contribution in [-0.2, 0) is 5.41 Å². The molecule has 4 heteroatoms. The van der Waals surface area contributed by atoms with E-state index in [-0.39, 0.29) is 5.41 Å². The average molecular weight is 248 g/mol. The van der Waals surface area contributed by atoms with Gasteiger partial charge in [0.15, 0.2) is 0 Å². The van der Waals surface area contributed by atoms with Crippen molar-refractivity contribution in [3.8, 4) is 5.69 Å². The predicted molar refractivity (Wildman–Crippen MR) is 68.5 cm³/mol.